The summed E-state index contributed by atoms with van der Waals surface area (Å²) in [6.45, 7) is 1.25. The van der Waals surface area contributed by atoms with Gasteiger partial charge < -0.3 is 20.5 Å². The van der Waals surface area contributed by atoms with Gasteiger partial charge in [0.2, 0.25) is 5.91 Å². The number of aliphatic carboxylic acids is 1. The third-order valence-electron chi connectivity index (χ3n) is 2.39. The highest BCUT2D eigenvalue weighted by Gasteiger charge is 2.19. The number of carboxylic acids is 1. The van der Waals surface area contributed by atoms with Gasteiger partial charge in [-0.2, -0.15) is 0 Å². The molecule has 1 aromatic carbocycles. The van der Waals surface area contributed by atoms with Crippen LogP contribution in [0.5, 0.6) is 0 Å². The van der Waals surface area contributed by atoms with E-state index >= 15 is 0 Å². The molecule has 4 N–H and O–H groups in total. The van der Waals surface area contributed by atoms with Crippen LogP contribution >= 0.6 is 0 Å². The maximum Gasteiger partial charge on any atom is 0.488 e. The summed E-state index contributed by atoms with van der Waals surface area (Å²) in [5.74, 6) is -1.53. The summed E-state index contributed by atoms with van der Waals surface area (Å²) < 4.78 is 0. The fourth-order valence-electron chi connectivity index (χ4n) is 1.51. The molecule has 1 aromatic rings. The Kier molecular flexibility index (Phi) is 4.88. The Morgan fingerprint density at radius 2 is 1.83 bits per heavy atom. The lowest BCUT2D eigenvalue weighted by Crippen LogP contribution is -2.41. The zero-order valence-electron chi connectivity index (χ0n) is 9.83. The second kappa shape index (κ2) is 6.18. The van der Waals surface area contributed by atoms with Crippen molar-refractivity contribution in [2.75, 3.05) is 0 Å². The minimum absolute atomic E-state index is 0.136. The summed E-state index contributed by atoms with van der Waals surface area (Å²) in [5, 5.41) is 29.1. The van der Waals surface area contributed by atoms with E-state index in [2.05, 4.69) is 5.32 Å². The van der Waals surface area contributed by atoms with Gasteiger partial charge in [0.25, 0.3) is 0 Å². The van der Waals surface area contributed by atoms with Crippen LogP contribution < -0.4 is 10.8 Å². The highest BCUT2D eigenvalue weighted by Crippen LogP contribution is 2.03. The van der Waals surface area contributed by atoms with Gasteiger partial charge in [0.1, 0.15) is 6.04 Å². The lowest BCUT2D eigenvalue weighted by Gasteiger charge is -2.13. The van der Waals surface area contributed by atoms with Gasteiger partial charge in [-0.15, -0.1) is 0 Å². The molecule has 0 aliphatic carbocycles. The molecule has 0 spiro atoms. The summed E-state index contributed by atoms with van der Waals surface area (Å²) in [7, 11) is -1.55. The summed E-state index contributed by atoms with van der Waals surface area (Å²) in [4.78, 5) is 21.8. The minimum atomic E-state index is -1.55. The predicted octanol–water partition coefficient (Wildman–Crippen LogP) is -1.50. The fraction of sp³-hybridized carbons (Fsp3) is 0.273. The summed E-state index contributed by atoms with van der Waals surface area (Å²) in [6, 6.07) is 5.17. The van der Waals surface area contributed by atoms with E-state index in [0.717, 1.165) is 0 Å². The molecule has 0 aliphatic rings. The molecule has 1 amide bonds. The van der Waals surface area contributed by atoms with Crippen molar-refractivity contribution in [2.45, 2.75) is 19.4 Å². The van der Waals surface area contributed by atoms with Gasteiger partial charge >= 0.3 is 13.1 Å². The Labute approximate surface area is 104 Å². The third-order valence-corrected chi connectivity index (χ3v) is 2.39. The van der Waals surface area contributed by atoms with Gasteiger partial charge in [-0.05, 0) is 11.0 Å². The van der Waals surface area contributed by atoms with Crippen LogP contribution in [-0.2, 0) is 16.0 Å². The van der Waals surface area contributed by atoms with Crippen molar-refractivity contribution < 1.29 is 24.7 Å². The van der Waals surface area contributed by atoms with Crippen molar-refractivity contribution in [1.82, 2.24) is 5.32 Å². The lowest BCUT2D eigenvalue weighted by molar-refractivity contribution is -0.141. The fourth-order valence-corrected chi connectivity index (χ4v) is 1.51. The lowest BCUT2D eigenvalue weighted by atomic mass is 9.80. The molecule has 0 heterocycles. The van der Waals surface area contributed by atoms with E-state index in [1.807, 2.05) is 0 Å². The molecule has 0 unspecified atom stereocenters. The Morgan fingerprint density at radius 3 is 2.22 bits per heavy atom. The maximum atomic E-state index is 10.9. The smallest absolute Gasteiger partial charge is 0.480 e. The van der Waals surface area contributed by atoms with Gasteiger partial charge in [-0.3, -0.25) is 4.79 Å². The van der Waals surface area contributed by atoms with Crippen LogP contribution in [0.3, 0.4) is 0 Å². The van der Waals surface area contributed by atoms with Gasteiger partial charge in [0.15, 0.2) is 0 Å². The van der Waals surface area contributed by atoms with Gasteiger partial charge in [-0.25, -0.2) is 4.79 Å². The Morgan fingerprint density at radius 1 is 1.28 bits per heavy atom. The first-order valence-corrected chi connectivity index (χ1v) is 5.35. The number of hydrogen-bond acceptors (Lipinski definition) is 4. The molecule has 1 rings (SSSR count). The Hall–Kier alpha value is -1.86. The van der Waals surface area contributed by atoms with Crippen LogP contribution in [0, 0.1) is 0 Å². The number of carbonyl (C=O) groups is 2. The van der Waals surface area contributed by atoms with E-state index in [9.17, 15) is 9.59 Å². The van der Waals surface area contributed by atoms with Crippen LogP contribution in [0.1, 0.15) is 12.5 Å². The Bertz CT molecular complexity index is 432. The van der Waals surface area contributed by atoms with Crippen LogP contribution in [0.25, 0.3) is 0 Å². The van der Waals surface area contributed by atoms with Gasteiger partial charge in [0.05, 0.1) is 0 Å². The van der Waals surface area contributed by atoms with Crippen molar-refractivity contribution in [1.29, 1.82) is 0 Å². The molecular formula is C11H14BNO5. The molecule has 96 valence electrons. The van der Waals surface area contributed by atoms with E-state index in [1.165, 1.54) is 19.1 Å². The van der Waals surface area contributed by atoms with Gasteiger partial charge in [-0.1, -0.05) is 24.3 Å². The summed E-state index contributed by atoms with van der Waals surface area (Å²) in [5.41, 5.74) is 1.01. The summed E-state index contributed by atoms with van der Waals surface area (Å²) in [6.07, 6.45) is 0.136. The molecule has 0 saturated heterocycles. The van der Waals surface area contributed by atoms with Crippen molar-refractivity contribution >= 4 is 24.5 Å². The van der Waals surface area contributed by atoms with Crippen LogP contribution in [0.2, 0.25) is 0 Å². The van der Waals surface area contributed by atoms with Crippen molar-refractivity contribution in [3.63, 3.8) is 0 Å². The second-order valence-electron chi connectivity index (χ2n) is 3.91. The molecule has 0 bridgehead atoms. The van der Waals surface area contributed by atoms with Gasteiger partial charge in [0, 0.05) is 13.3 Å². The zero-order chi connectivity index (χ0) is 13.7. The number of benzene rings is 1. The van der Waals surface area contributed by atoms with E-state index in [4.69, 9.17) is 15.2 Å². The van der Waals surface area contributed by atoms with Crippen LogP contribution in [0.15, 0.2) is 24.3 Å². The van der Waals surface area contributed by atoms with E-state index in [0.29, 0.717) is 11.0 Å². The molecule has 1 atom stereocenters. The molecule has 0 aliphatic heterocycles. The average molecular weight is 251 g/mol. The maximum absolute atomic E-state index is 10.9. The molecule has 0 aromatic heterocycles. The summed E-state index contributed by atoms with van der Waals surface area (Å²) >= 11 is 0. The second-order valence-corrected chi connectivity index (χ2v) is 3.91. The topological polar surface area (TPSA) is 107 Å². The number of amides is 1. The minimum Gasteiger partial charge on any atom is -0.480 e. The first-order chi connectivity index (χ1) is 8.40. The molecule has 7 heteroatoms. The van der Waals surface area contributed by atoms with E-state index < -0.39 is 25.0 Å². The highest BCUT2D eigenvalue weighted by atomic mass is 16.4. The molecule has 6 nitrogen and oxygen atoms in total. The first-order valence-electron chi connectivity index (χ1n) is 5.35. The van der Waals surface area contributed by atoms with Crippen LogP contribution in [-0.4, -0.2) is 40.2 Å². The predicted molar refractivity (Wildman–Crippen MR) is 65.2 cm³/mol. The number of rotatable bonds is 5. The molecule has 0 saturated carbocycles. The average Bonchev–Trinajstić information content (AvgIpc) is 2.28. The standard InChI is InChI=1S/C11H14BNO5/c1-7(14)13-10(11(15)16)6-8-2-4-9(5-3-8)12(17)18/h2-5,10,17-18H,6H2,1H3,(H,13,14)(H,15,16)/t10-/m0/s1. The number of carbonyl (C=O) groups excluding carboxylic acids is 1. The normalized spacial score (nSPS) is 11.7. The zero-order valence-corrected chi connectivity index (χ0v) is 9.83. The SMILES string of the molecule is CC(=O)N[C@@H](Cc1ccc(B(O)O)cc1)C(=O)O. The number of hydrogen-bond donors (Lipinski definition) is 4. The molecule has 0 fully saturated rings. The molecule has 18 heavy (non-hydrogen) atoms. The van der Waals surface area contributed by atoms with Crippen molar-refractivity contribution in [3.05, 3.63) is 29.8 Å². The Balaban J connectivity index is 2.75. The van der Waals surface area contributed by atoms with Crippen molar-refractivity contribution in [2.24, 2.45) is 0 Å². The van der Waals surface area contributed by atoms with Crippen molar-refractivity contribution in [3.8, 4) is 0 Å². The van der Waals surface area contributed by atoms with E-state index in [-0.39, 0.29) is 6.42 Å². The molecule has 0 radical (unpaired) electrons. The number of carboxylic acid groups (broad SMARTS) is 1. The third kappa shape index (κ3) is 4.19. The highest BCUT2D eigenvalue weighted by molar-refractivity contribution is 6.58. The van der Waals surface area contributed by atoms with E-state index in [1.54, 1.807) is 12.1 Å². The largest absolute Gasteiger partial charge is 0.488 e. The van der Waals surface area contributed by atoms with Crippen LogP contribution in [0.4, 0.5) is 0 Å². The molecular weight excluding hydrogens is 237 g/mol. The monoisotopic (exact) mass is 251 g/mol. The first kappa shape index (κ1) is 14.2. The number of nitrogens with one attached hydrogen (secondary N) is 1. The quantitative estimate of drug-likeness (QED) is 0.476.